The van der Waals surface area contributed by atoms with Gasteiger partial charge in [0.15, 0.2) is 0 Å². The third-order valence-corrected chi connectivity index (χ3v) is 6.34. The molecule has 1 aromatic carbocycles. The molecule has 2 aromatic rings. The molecule has 0 spiro atoms. The molecule has 1 aliphatic carbocycles. The van der Waals surface area contributed by atoms with Crippen LogP contribution in [0.25, 0.3) is 0 Å². The quantitative estimate of drug-likeness (QED) is 0.886. The number of hydrogen-bond acceptors (Lipinski definition) is 4. The molecule has 5 nitrogen and oxygen atoms in total. The van der Waals surface area contributed by atoms with Crippen LogP contribution in [0.4, 0.5) is 0 Å². The number of rotatable bonds is 3. The third-order valence-electron chi connectivity index (χ3n) is 6.34. The fourth-order valence-electron chi connectivity index (χ4n) is 4.82. The molecule has 1 aromatic heterocycles. The molecule has 1 saturated carbocycles. The van der Waals surface area contributed by atoms with Crippen LogP contribution in [0.2, 0.25) is 0 Å². The van der Waals surface area contributed by atoms with Crippen LogP contribution in [0, 0.1) is 5.92 Å². The van der Waals surface area contributed by atoms with Crippen molar-refractivity contribution in [2.75, 3.05) is 6.54 Å². The third kappa shape index (κ3) is 3.18. The first-order valence-corrected chi connectivity index (χ1v) is 10.1. The molecule has 2 fully saturated rings. The van der Waals surface area contributed by atoms with E-state index in [4.69, 9.17) is 4.52 Å². The molecular weight excluding hydrogens is 340 g/mol. The Morgan fingerprint density at radius 1 is 1.26 bits per heavy atom. The van der Waals surface area contributed by atoms with E-state index >= 15 is 0 Å². The van der Waals surface area contributed by atoms with Crippen LogP contribution in [0.5, 0.6) is 0 Å². The van der Waals surface area contributed by atoms with E-state index in [9.17, 15) is 9.90 Å². The van der Waals surface area contributed by atoms with E-state index in [0.717, 1.165) is 36.9 Å². The average Bonchev–Trinajstić information content (AvgIpc) is 3.19. The summed E-state index contributed by atoms with van der Waals surface area (Å²) in [4.78, 5) is 15.1. The molecule has 27 heavy (non-hydrogen) atoms. The number of aromatic nitrogens is 1. The first-order valence-electron chi connectivity index (χ1n) is 10.1. The van der Waals surface area contributed by atoms with Crippen molar-refractivity contribution in [2.24, 2.45) is 5.92 Å². The highest BCUT2D eigenvalue weighted by atomic mass is 16.5. The smallest absolute Gasteiger partial charge is 0.292 e. The minimum atomic E-state index is -0.867. The fraction of sp³-hybridized carbons (Fsp3) is 0.545. The Bertz CT molecular complexity index is 801. The molecule has 144 valence electrons. The first-order chi connectivity index (χ1) is 13.0. The number of likely N-dealkylation sites (tertiary alicyclic amines) is 1. The Labute approximate surface area is 160 Å². The molecule has 1 aliphatic heterocycles. The van der Waals surface area contributed by atoms with Crippen LogP contribution in [0.15, 0.2) is 40.9 Å². The molecule has 1 saturated heterocycles. The van der Waals surface area contributed by atoms with E-state index in [1.165, 1.54) is 0 Å². The number of aliphatic hydroxyl groups is 1. The van der Waals surface area contributed by atoms with E-state index in [0.29, 0.717) is 18.7 Å². The monoisotopic (exact) mass is 368 g/mol. The molecule has 0 bridgehead atoms. The summed E-state index contributed by atoms with van der Waals surface area (Å²) in [5, 5.41) is 15.7. The highest BCUT2D eigenvalue weighted by Crippen LogP contribution is 2.47. The van der Waals surface area contributed by atoms with Gasteiger partial charge < -0.3 is 14.5 Å². The van der Waals surface area contributed by atoms with Crippen LogP contribution >= 0.6 is 0 Å². The number of hydrogen-bond donors (Lipinski definition) is 1. The summed E-state index contributed by atoms with van der Waals surface area (Å²) < 4.78 is 5.35. The molecule has 1 amide bonds. The summed E-state index contributed by atoms with van der Waals surface area (Å²) in [6.07, 6.45) is 4.60. The number of benzene rings is 1. The van der Waals surface area contributed by atoms with Gasteiger partial charge in [0.05, 0.1) is 11.3 Å². The lowest BCUT2D eigenvalue weighted by Crippen LogP contribution is -2.58. The Hall–Kier alpha value is -2.14. The summed E-state index contributed by atoms with van der Waals surface area (Å²) in [6.45, 7) is 4.59. The van der Waals surface area contributed by atoms with Crippen molar-refractivity contribution in [3.63, 3.8) is 0 Å². The molecule has 5 heteroatoms. The highest BCUT2D eigenvalue weighted by Gasteiger charge is 2.50. The lowest BCUT2D eigenvalue weighted by Gasteiger charge is -2.52. The van der Waals surface area contributed by atoms with Crippen molar-refractivity contribution < 1.29 is 14.4 Å². The predicted molar refractivity (Wildman–Crippen MR) is 102 cm³/mol. The normalized spacial score (nSPS) is 28.2. The number of piperidine rings is 1. The lowest BCUT2D eigenvalue weighted by atomic mass is 9.66. The van der Waals surface area contributed by atoms with Crippen molar-refractivity contribution in [1.82, 2.24) is 10.1 Å². The van der Waals surface area contributed by atoms with E-state index in [1.807, 2.05) is 49.1 Å². The number of carbonyl (C=O) groups is 1. The summed E-state index contributed by atoms with van der Waals surface area (Å²) in [6, 6.07) is 11.7. The second-order valence-corrected chi connectivity index (χ2v) is 8.27. The maximum atomic E-state index is 13.1. The molecule has 2 aliphatic rings. The Morgan fingerprint density at radius 3 is 2.70 bits per heavy atom. The average molecular weight is 368 g/mol. The second kappa shape index (κ2) is 7.12. The van der Waals surface area contributed by atoms with Crippen LogP contribution in [-0.2, 0) is 5.60 Å². The van der Waals surface area contributed by atoms with Crippen LogP contribution in [-0.4, -0.2) is 33.7 Å². The van der Waals surface area contributed by atoms with Gasteiger partial charge >= 0.3 is 0 Å². The van der Waals surface area contributed by atoms with Crippen molar-refractivity contribution in [3.05, 3.63) is 53.4 Å². The topological polar surface area (TPSA) is 66.6 Å². The van der Waals surface area contributed by atoms with Gasteiger partial charge in [-0.2, -0.15) is 0 Å². The van der Waals surface area contributed by atoms with Crippen molar-refractivity contribution >= 4 is 5.91 Å². The molecule has 1 N–H and O–H groups in total. The van der Waals surface area contributed by atoms with Gasteiger partial charge in [-0.25, -0.2) is 0 Å². The molecule has 4 rings (SSSR count). The summed E-state index contributed by atoms with van der Waals surface area (Å²) in [5.41, 5.74) is 0.903. The van der Waals surface area contributed by atoms with Gasteiger partial charge in [0.1, 0.15) is 0 Å². The van der Waals surface area contributed by atoms with E-state index in [1.54, 1.807) is 6.07 Å². The zero-order chi connectivity index (χ0) is 19.0. The molecule has 3 atom stereocenters. The molecule has 0 unspecified atom stereocenters. The Kier molecular flexibility index (Phi) is 4.81. The summed E-state index contributed by atoms with van der Waals surface area (Å²) >= 11 is 0. The van der Waals surface area contributed by atoms with E-state index in [-0.39, 0.29) is 23.8 Å². The number of carbonyl (C=O) groups excluding carboxylic acids is 1. The van der Waals surface area contributed by atoms with Gasteiger partial charge in [0, 0.05) is 24.6 Å². The minimum Gasteiger partial charge on any atom is -0.385 e. The maximum absolute atomic E-state index is 13.1. The molecule has 0 radical (unpaired) electrons. The van der Waals surface area contributed by atoms with Gasteiger partial charge in [-0.05, 0) is 30.7 Å². The van der Waals surface area contributed by atoms with Gasteiger partial charge in [-0.3, -0.25) is 4.79 Å². The zero-order valence-corrected chi connectivity index (χ0v) is 16.1. The Balaban J connectivity index is 1.62. The van der Waals surface area contributed by atoms with Gasteiger partial charge in [-0.15, -0.1) is 0 Å². The molecule has 2 heterocycles. The zero-order valence-electron chi connectivity index (χ0n) is 16.1. The van der Waals surface area contributed by atoms with E-state index < -0.39 is 5.60 Å². The fourth-order valence-corrected chi connectivity index (χ4v) is 4.82. The van der Waals surface area contributed by atoms with Crippen molar-refractivity contribution in [2.45, 2.75) is 63.5 Å². The number of amides is 1. The maximum Gasteiger partial charge on any atom is 0.292 e. The lowest BCUT2D eigenvalue weighted by molar-refractivity contribution is -0.110. The Morgan fingerprint density at radius 2 is 2.00 bits per heavy atom. The van der Waals surface area contributed by atoms with Gasteiger partial charge in [0.2, 0.25) is 5.76 Å². The van der Waals surface area contributed by atoms with Crippen molar-refractivity contribution in [3.8, 4) is 0 Å². The minimum absolute atomic E-state index is 0.0396. The SMILES string of the molecule is CC(C)c1cc(C(=O)N2CC[C@@](O)(c3ccccc3)[C@H]3CCCC[C@H]32)on1. The molecular formula is C22H28N2O3. The predicted octanol–water partition coefficient (Wildman–Crippen LogP) is 4.09. The van der Waals surface area contributed by atoms with E-state index in [2.05, 4.69) is 5.16 Å². The largest absolute Gasteiger partial charge is 0.385 e. The summed E-state index contributed by atoms with van der Waals surface area (Å²) in [7, 11) is 0. The standard InChI is InChI=1S/C22H28N2O3/c1-15(2)18-14-20(27-23-18)21(25)24-13-12-22(26,16-8-4-3-5-9-16)17-10-6-7-11-19(17)24/h3-5,8-9,14-15,17,19,26H,6-7,10-13H2,1-2H3/t17-,19+,22+/m0/s1. The van der Waals surface area contributed by atoms with Gasteiger partial charge in [0.25, 0.3) is 5.91 Å². The second-order valence-electron chi connectivity index (χ2n) is 8.27. The number of nitrogens with zero attached hydrogens (tertiary/aromatic N) is 2. The van der Waals surface area contributed by atoms with Gasteiger partial charge in [-0.1, -0.05) is 62.2 Å². The first kappa shape index (κ1) is 18.2. The van der Waals surface area contributed by atoms with Crippen molar-refractivity contribution in [1.29, 1.82) is 0 Å². The summed E-state index contributed by atoms with van der Waals surface area (Å²) in [5.74, 6) is 0.496. The number of fused-ring (bicyclic) bond motifs is 1. The van der Waals surface area contributed by atoms with Crippen LogP contribution in [0.3, 0.4) is 0 Å². The van der Waals surface area contributed by atoms with Crippen LogP contribution < -0.4 is 0 Å². The van der Waals surface area contributed by atoms with Crippen LogP contribution in [0.1, 0.15) is 73.7 Å². The highest BCUT2D eigenvalue weighted by molar-refractivity contribution is 5.91.